The van der Waals surface area contributed by atoms with Crippen LogP contribution >= 0.6 is 0 Å². The Morgan fingerprint density at radius 3 is 2.36 bits per heavy atom. The second-order valence-corrected chi connectivity index (χ2v) is 8.25. The van der Waals surface area contributed by atoms with Gasteiger partial charge in [-0.15, -0.1) is 0 Å². The minimum absolute atomic E-state index is 0.0227. The van der Waals surface area contributed by atoms with Gasteiger partial charge in [0.05, 0.1) is 5.92 Å². The fraction of sp³-hybridized carbons (Fsp3) is 0.591. The zero-order valence-electron chi connectivity index (χ0n) is 16.8. The van der Waals surface area contributed by atoms with Gasteiger partial charge in [0.15, 0.2) is 0 Å². The molecule has 152 valence electrons. The zero-order chi connectivity index (χ0) is 20.1. The average molecular weight is 386 g/mol. The highest BCUT2D eigenvalue weighted by atomic mass is 16.2. The molecule has 6 heteroatoms. The maximum atomic E-state index is 12.9. The molecule has 0 bridgehead atoms. The highest BCUT2D eigenvalue weighted by Crippen LogP contribution is 2.29. The van der Waals surface area contributed by atoms with Gasteiger partial charge in [-0.1, -0.05) is 49.6 Å². The lowest BCUT2D eigenvalue weighted by atomic mass is 9.94. The summed E-state index contributed by atoms with van der Waals surface area (Å²) in [5.74, 6) is -0.787. The van der Waals surface area contributed by atoms with E-state index in [0.29, 0.717) is 6.54 Å². The molecule has 2 N–H and O–H groups in total. The third-order valence-corrected chi connectivity index (χ3v) is 5.66. The largest absolute Gasteiger partial charge is 0.352 e. The lowest BCUT2D eigenvalue weighted by molar-refractivity contribution is -0.132. The maximum Gasteiger partial charge on any atom is 0.247 e. The van der Waals surface area contributed by atoms with E-state index in [1.807, 2.05) is 49.1 Å². The van der Waals surface area contributed by atoms with Gasteiger partial charge in [-0.3, -0.25) is 14.4 Å². The lowest BCUT2D eigenvalue weighted by Crippen LogP contribution is -2.45. The van der Waals surface area contributed by atoms with E-state index in [0.717, 1.165) is 31.2 Å². The monoisotopic (exact) mass is 385 g/mol. The molecule has 1 saturated heterocycles. The smallest absolute Gasteiger partial charge is 0.247 e. The third-order valence-electron chi connectivity index (χ3n) is 5.66. The van der Waals surface area contributed by atoms with E-state index < -0.39 is 12.0 Å². The Morgan fingerprint density at radius 2 is 1.71 bits per heavy atom. The van der Waals surface area contributed by atoms with E-state index in [9.17, 15) is 14.4 Å². The Bertz CT molecular complexity index is 698. The molecule has 1 aromatic carbocycles. The standard InChI is InChI=1S/C22H31N3O3/c1-15(2)23-22(28)20(16-9-5-3-6-10-16)24-21(27)17-13-19(26)25(14-17)18-11-7-4-8-12-18/h3,5-6,9-10,15,17-18,20H,4,7-8,11-14H2,1-2H3,(H,23,28)(H,24,27). The van der Waals surface area contributed by atoms with Crippen molar-refractivity contribution in [3.05, 3.63) is 35.9 Å². The molecule has 6 nitrogen and oxygen atoms in total. The third kappa shape index (κ3) is 4.91. The molecule has 1 aliphatic carbocycles. The first-order valence-electron chi connectivity index (χ1n) is 10.4. The van der Waals surface area contributed by atoms with Crippen molar-refractivity contribution in [3.8, 4) is 0 Å². The molecule has 3 rings (SSSR count). The summed E-state index contributed by atoms with van der Waals surface area (Å²) in [5, 5.41) is 5.77. The van der Waals surface area contributed by atoms with Gasteiger partial charge in [-0.2, -0.15) is 0 Å². The average Bonchev–Trinajstić information content (AvgIpc) is 3.08. The van der Waals surface area contributed by atoms with Gasteiger partial charge in [0.1, 0.15) is 6.04 Å². The quantitative estimate of drug-likeness (QED) is 0.790. The van der Waals surface area contributed by atoms with E-state index in [4.69, 9.17) is 0 Å². The Hall–Kier alpha value is -2.37. The SMILES string of the molecule is CC(C)NC(=O)C(NC(=O)C1CC(=O)N(C2CCCCC2)C1)c1ccccc1. The topological polar surface area (TPSA) is 78.5 Å². The second kappa shape index (κ2) is 9.22. The predicted octanol–water partition coefficient (Wildman–Crippen LogP) is 2.55. The van der Waals surface area contributed by atoms with Crippen molar-refractivity contribution in [3.63, 3.8) is 0 Å². The number of nitrogens with one attached hydrogen (secondary N) is 2. The molecule has 2 atom stereocenters. The number of hydrogen-bond donors (Lipinski definition) is 2. The minimum atomic E-state index is -0.755. The zero-order valence-corrected chi connectivity index (χ0v) is 16.8. The highest BCUT2D eigenvalue weighted by Gasteiger charge is 2.39. The number of rotatable bonds is 6. The van der Waals surface area contributed by atoms with Crippen molar-refractivity contribution < 1.29 is 14.4 Å². The number of carbonyl (C=O) groups excluding carboxylic acids is 3. The van der Waals surface area contributed by atoms with Crippen LogP contribution in [-0.4, -0.2) is 41.2 Å². The summed E-state index contributed by atoms with van der Waals surface area (Å²) >= 11 is 0. The van der Waals surface area contributed by atoms with Gasteiger partial charge in [0.25, 0.3) is 0 Å². The first-order chi connectivity index (χ1) is 13.5. The Kier molecular flexibility index (Phi) is 6.70. The van der Waals surface area contributed by atoms with Crippen LogP contribution in [0.1, 0.15) is 64.0 Å². The molecule has 1 aliphatic heterocycles. The number of likely N-dealkylation sites (tertiary alicyclic amines) is 1. The normalized spacial score (nSPS) is 21.6. The van der Waals surface area contributed by atoms with Crippen molar-refractivity contribution in [1.29, 1.82) is 0 Å². The minimum Gasteiger partial charge on any atom is -0.352 e. The molecule has 1 heterocycles. The van der Waals surface area contributed by atoms with Crippen LogP contribution in [0.2, 0.25) is 0 Å². The summed E-state index contributed by atoms with van der Waals surface area (Å²) in [5.41, 5.74) is 0.738. The summed E-state index contributed by atoms with van der Waals surface area (Å²) in [4.78, 5) is 40.0. The maximum absolute atomic E-state index is 12.9. The number of benzene rings is 1. The first kappa shape index (κ1) is 20.4. The van der Waals surface area contributed by atoms with E-state index in [1.54, 1.807) is 0 Å². The molecule has 2 fully saturated rings. The highest BCUT2D eigenvalue weighted by molar-refractivity contribution is 5.93. The Labute approximate surface area is 167 Å². The van der Waals surface area contributed by atoms with Crippen molar-refractivity contribution in [1.82, 2.24) is 15.5 Å². The summed E-state index contributed by atoms with van der Waals surface area (Å²) in [6, 6.07) is 8.73. The fourth-order valence-corrected chi connectivity index (χ4v) is 4.23. The van der Waals surface area contributed by atoms with Gasteiger partial charge in [-0.25, -0.2) is 0 Å². The van der Waals surface area contributed by atoms with Gasteiger partial charge < -0.3 is 15.5 Å². The molecular weight excluding hydrogens is 354 g/mol. The molecule has 0 aromatic heterocycles. The summed E-state index contributed by atoms with van der Waals surface area (Å²) in [6.07, 6.45) is 5.82. The van der Waals surface area contributed by atoms with Crippen molar-refractivity contribution in [2.75, 3.05) is 6.54 Å². The number of carbonyl (C=O) groups is 3. The Balaban J connectivity index is 1.68. The molecule has 28 heavy (non-hydrogen) atoms. The molecular formula is C22H31N3O3. The molecule has 1 aromatic rings. The summed E-state index contributed by atoms with van der Waals surface area (Å²) in [6.45, 7) is 4.24. The van der Waals surface area contributed by atoms with Gasteiger partial charge in [-0.05, 0) is 32.3 Å². The van der Waals surface area contributed by atoms with Crippen LogP contribution in [0.15, 0.2) is 30.3 Å². The Morgan fingerprint density at radius 1 is 1.04 bits per heavy atom. The molecule has 0 radical (unpaired) electrons. The lowest BCUT2D eigenvalue weighted by Gasteiger charge is -2.31. The summed E-state index contributed by atoms with van der Waals surface area (Å²) in [7, 11) is 0. The molecule has 2 aliphatic rings. The fourth-order valence-electron chi connectivity index (χ4n) is 4.23. The van der Waals surface area contributed by atoms with E-state index in [-0.39, 0.29) is 36.2 Å². The predicted molar refractivity (Wildman–Crippen MR) is 107 cm³/mol. The van der Waals surface area contributed by atoms with Crippen LogP contribution in [0.25, 0.3) is 0 Å². The molecule has 1 saturated carbocycles. The van der Waals surface area contributed by atoms with Gasteiger partial charge in [0, 0.05) is 25.0 Å². The first-order valence-corrected chi connectivity index (χ1v) is 10.4. The number of nitrogens with zero attached hydrogens (tertiary/aromatic N) is 1. The van der Waals surface area contributed by atoms with Crippen molar-refractivity contribution >= 4 is 17.7 Å². The van der Waals surface area contributed by atoms with E-state index >= 15 is 0 Å². The van der Waals surface area contributed by atoms with Crippen LogP contribution in [-0.2, 0) is 14.4 Å². The van der Waals surface area contributed by atoms with Crippen LogP contribution in [0, 0.1) is 5.92 Å². The number of hydrogen-bond acceptors (Lipinski definition) is 3. The van der Waals surface area contributed by atoms with Crippen LogP contribution < -0.4 is 10.6 Å². The summed E-state index contributed by atoms with van der Waals surface area (Å²) < 4.78 is 0. The van der Waals surface area contributed by atoms with Crippen molar-refractivity contribution in [2.24, 2.45) is 5.92 Å². The van der Waals surface area contributed by atoms with Crippen LogP contribution in [0.5, 0.6) is 0 Å². The van der Waals surface area contributed by atoms with Gasteiger partial charge in [0.2, 0.25) is 17.7 Å². The van der Waals surface area contributed by atoms with E-state index in [2.05, 4.69) is 10.6 Å². The molecule has 3 amide bonds. The molecule has 2 unspecified atom stereocenters. The van der Waals surface area contributed by atoms with Gasteiger partial charge >= 0.3 is 0 Å². The van der Waals surface area contributed by atoms with Crippen LogP contribution in [0.3, 0.4) is 0 Å². The second-order valence-electron chi connectivity index (χ2n) is 8.25. The number of amides is 3. The van der Waals surface area contributed by atoms with Crippen LogP contribution in [0.4, 0.5) is 0 Å². The van der Waals surface area contributed by atoms with Crippen molar-refractivity contribution in [2.45, 2.75) is 70.5 Å². The molecule has 0 spiro atoms. The van der Waals surface area contributed by atoms with E-state index in [1.165, 1.54) is 6.42 Å².